The van der Waals surface area contributed by atoms with E-state index in [0.717, 1.165) is 6.42 Å². The van der Waals surface area contributed by atoms with Gasteiger partial charge in [-0.1, -0.05) is 65.5 Å². The van der Waals surface area contributed by atoms with E-state index in [2.05, 4.69) is 0 Å². The number of hydrogen-bond donors (Lipinski definition) is 3. The summed E-state index contributed by atoms with van der Waals surface area (Å²) < 4.78 is 17.2. The maximum atomic E-state index is 13.5. The first-order chi connectivity index (χ1) is 24.7. The summed E-state index contributed by atoms with van der Waals surface area (Å²) in [6.07, 6.45) is 4.82. The average Bonchev–Trinajstić information content (AvgIpc) is 3.09. The van der Waals surface area contributed by atoms with Gasteiger partial charge in [0.05, 0.1) is 18.1 Å². The largest absolute Gasteiger partial charge is 0.481 e. The van der Waals surface area contributed by atoms with Gasteiger partial charge in [-0.2, -0.15) is 0 Å². The number of ketones is 1. The van der Waals surface area contributed by atoms with E-state index < -0.39 is 59.3 Å². The number of carbonyl (C=O) groups excluding carboxylic acids is 3. The summed E-state index contributed by atoms with van der Waals surface area (Å²) in [5.41, 5.74) is -0.910. The molecule has 2 aromatic rings. The number of carbonyl (C=O) groups is 6. The second-order valence-electron chi connectivity index (χ2n) is 13.3. The van der Waals surface area contributed by atoms with Gasteiger partial charge in [0.2, 0.25) is 0 Å². The van der Waals surface area contributed by atoms with Crippen molar-refractivity contribution >= 4 is 35.6 Å². The summed E-state index contributed by atoms with van der Waals surface area (Å²) >= 11 is 0. The van der Waals surface area contributed by atoms with Crippen molar-refractivity contribution in [3.8, 4) is 17.2 Å². The topological polar surface area (TPSA) is 191 Å². The molecule has 12 heteroatoms. The molecule has 1 aliphatic heterocycles. The minimum atomic E-state index is -2.09. The number of esters is 2. The molecule has 1 heterocycles. The van der Waals surface area contributed by atoms with Crippen molar-refractivity contribution in [1.29, 1.82) is 0 Å². The second kappa shape index (κ2) is 19.0. The quantitative estimate of drug-likeness (QED) is 0.0844. The molecular formula is C40H50O12. The van der Waals surface area contributed by atoms with Crippen LogP contribution in [-0.4, -0.2) is 50.9 Å². The maximum Gasteiger partial charge on any atom is 0.318 e. The molecule has 3 rings (SSSR count). The van der Waals surface area contributed by atoms with Crippen molar-refractivity contribution in [1.82, 2.24) is 0 Å². The van der Waals surface area contributed by atoms with Crippen molar-refractivity contribution < 1.29 is 58.3 Å². The molecule has 3 atom stereocenters. The number of carboxylic acid groups (broad SMARTS) is 3. The van der Waals surface area contributed by atoms with E-state index in [4.69, 9.17) is 14.2 Å². The Morgan fingerprint density at radius 3 is 1.87 bits per heavy atom. The zero-order valence-corrected chi connectivity index (χ0v) is 30.6. The Labute approximate surface area is 304 Å². The number of Topliss-reactive ketones (excluding diaryl/α,β-unsaturated/α-hetero) is 1. The molecule has 0 bridgehead atoms. The second-order valence-corrected chi connectivity index (χ2v) is 13.3. The molecule has 3 unspecified atom stereocenters. The molecular weight excluding hydrogens is 672 g/mol. The van der Waals surface area contributed by atoms with Gasteiger partial charge in [-0.3, -0.25) is 28.8 Å². The van der Waals surface area contributed by atoms with E-state index in [0.29, 0.717) is 55.2 Å². The molecule has 0 radical (unpaired) electrons. The van der Waals surface area contributed by atoms with Gasteiger partial charge in [-0.05, 0) is 73.1 Å². The Bertz CT molecular complexity index is 1690. The predicted octanol–water partition coefficient (Wildman–Crippen LogP) is 7.63. The number of unbranched alkanes of at least 4 members (excludes halogenated alkanes) is 2. The Hall–Kier alpha value is -5.00. The average molecular weight is 723 g/mol. The van der Waals surface area contributed by atoms with Gasteiger partial charge in [-0.15, -0.1) is 0 Å². The molecule has 2 aromatic carbocycles. The van der Waals surface area contributed by atoms with Crippen molar-refractivity contribution in [2.24, 2.45) is 0 Å². The lowest BCUT2D eigenvalue weighted by Gasteiger charge is -2.35. The smallest absolute Gasteiger partial charge is 0.318 e. The third kappa shape index (κ3) is 9.86. The molecule has 0 spiro atoms. The number of ether oxygens (including phenoxy) is 3. The van der Waals surface area contributed by atoms with Gasteiger partial charge in [0.1, 0.15) is 16.9 Å². The Morgan fingerprint density at radius 1 is 0.769 bits per heavy atom. The molecule has 0 saturated heterocycles. The first kappa shape index (κ1) is 41.4. The summed E-state index contributed by atoms with van der Waals surface area (Å²) in [5.74, 6) is -7.36. The molecule has 0 aromatic heterocycles. The number of hydrogen-bond acceptors (Lipinski definition) is 9. The molecule has 3 N–H and O–H groups in total. The Balaban J connectivity index is 2.28. The van der Waals surface area contributed by atoms with Crippen LogP contribution in [0, 0.1) is 0 Å². The van der Waals surface area contributed by atoms with Crippen molar-refractivity contribution in [3.05, 3.63) is 64.4 Å². The van der Waals surface area contributed by atoms with Crippen LogP contribution in [0.4, 0.5) is 0 Å². The highest BCUT2D eigenvalue weighted by Crippen LogP contribution is 2.47. The zero-order chi connectivity index (χ0) is 38.6. The van der Waals surface area contributed by atoms with Gasteiger partial charge in [0, 0.05) is 31.2 Å². The normalized spacial score (nSPS) is 14.4. The summed E-state index contributed by atoms with van der Waals surface area (Å²) in [6, 6.07) is 7.12. The molecule has 12 nitrogen and oxygen atoms in total. The molecule has 0 fully saturated rings. The zero-order valence-electron chi connectivity index (χ0n) is 30.6. The standard InChI is InChI=1S/C40H50O12/c1-6-10-14-35(42)51-32-17-16-26(21-34(32)52-36(43)15-11-7-2)40(39(48)49,22-24(5)41)27-20-31-30(29(13-9-4)38(46)47)18-25(19-33(31)50-23-27)28(12-8-3)37(44)45/h16-19,21,23,28-29H,6-15,20,22H2,1-5H3,(H,44,45)(H,46,47)(H,48,49). The van der Waals surface area contributed by atoms with Gasteiger partial charge in [-0.25, -0.2) is 0 Å². The lowest BCUT2D eigenvalue weighted by atomic mass is 9.68. The van der Waals surface area contributed by atoms with Crippen LogP contribution in [0.2, 0.25) is 0 Å². The molecule has 1 aliphatic rings. The molecule has 282 valence electrons. The van der Waals surface area contributed by atoms with E-state index in [9.17, 15) is 44.1 Å². The Kier molecular flexibility index (Phi) is 15.1. The fourth-order valence-electron chi connectivity index (χ4n) is 6.57. The van der Waals surface area contributed by atoms with E-state index >= 15 is 0 Å². The number of rotatable bonds is 21. The highest BCUT2D eigenvalue weighted by molar-refractivity contribution is 5.93. The van der Waals surface area contributed by atoms with Gasteiger partial charge in [0.15, 0.2) is 11.5 Å². The fourth-order valence-corrected chi connectivity index (χ4v) is 6.57. The van der Waals surface area contributed by atoms with Crippen LogP contribution in [0.25, 0.3) is 0 Å². The monoisotopic (exact) mass is 722 g/mol. The highest BCUT2D eigenvalue weighted by atomic mass is 16.6. The molecule has 52 heavy (non-hydrogen) atoms. The van der Waals surface area contributed by atoms with Crippen molar-refractivity contribution in [2.75, 3.05) is 0 Å². The highest BCUT2D eigenvalue weighted by Gasteiger charge is 2.47. The van der Waals surface area contributed by atoms with Crippen LogP contribution in [0.5, 0.6) is 17.2 Å². The summed E-state index contributed by atoms with van der Waals surface area (Å²) in [7, 11) is 0. The molecule has 0 saturated carbocycles. The minimum absolute atomic E-state index is 0.0375. The fraction of sp³-hybridized carbons (Fsp3) is 0.500. The number of aliphatic carboxylic acids is 3. The van der Waals surface area contributed by atoms with Crippen LogP contribution in [-0.2, 0) is 40.6 Å². The first-order valence-corrected chi connectivity index (χ1v) is 18.0. The number of benzene rings is 2. The van der Waals surface area contributed by atoms with Crippen LogP contribution in [0.15, 0.2) is 42.2 Å². The SMILES string of the molecule is CCCCC(=O)Oc1ccc(C(CC(C)=O)(C(=O)O)C2=COc3cc(C(CCC)C(=O)O)cc(C(CCC)C(=O)O)c3C2)cc1OC(=O)CCCC. The van der Waals surface area contributed by atoms with Crippen molar-refractivity contribution in [2.45, 2.75) is 129 Å². The lowest BCUT2D eigenvalue weighted by Crippen LogP contribution is -2.41. The molecule has 0 amide bonds. The van der Waals surface area contributed by atoms with E-state index in [-0.39, 0.29) is 54.1 Å². The maximum absolute atomic E-state index is 13.5. The van der Waals surface area contributed by atoms with Gasteiger partial charge >= 0.3 is 29.8 Å². The third-order valence-electron chi connectivity index (χ3n) is 9.27. The van der Waals surface area contributed by atoms with Crippen LogP contribution >= 0.6 is 0 Å². The first-order valence-electron chi connectivity index (χ1n) is 18.0. The summed E-state index contributed by atoms with van der Waals surface area (Å²) in [6.45, 7) is 8.73. The Morgan fingerprint density at radius 2 is 1.35 bits per heavy atom. The van der Waals surface area contributed by atoms with Gasteiger partial charge in [0.25, 0.3) is 0 Å². The van der Waals surface area contributed by atoms with Crippen LogP contribution in [0.3, 0.4) is 0 Å². The van der Waals surface area contributed by atoms with Gasteiger partial charge < -0.3 is 29.5 Å². The minimum Gasteiger partial charge on any atom is -0.481 e. The predicted molar refractivity (Wildman–Crippen MR) is 191 cm³/mol. The van der Waals surface area contributed by atoms with Crippen LogP contribution < -0.4 is 14.2 Å². The van der Waals surface area contributed by atoms with Crippen LogP contribution in [0.1, 0.15) is 139 Å². The van der Waals surface area contributed by atoms with E-state index in [1.165, 1.54) is 31.4 Å². The molecule has 0 aliphatic carbocycles. The van der Waals surface area contributed by atoms with E-state index in [1.807, 2.05) is 27.7 Å². The van der Waals surface area contributed by atoms with Crippen molar-refractivity contribution in [3.63, 3.8) is 0 Å². The summed E-state index contributed by atoms with van der Waals surface area (Å²) in [5, 5.41) is 31.4. The number of fused-ring (bicyclic) bond motifs is 1. The number of carboxylic acids is 3. The summed E-state index contributed by atoms with van der Waals surface area (Å²) in [4.78, 5) is 76.8. The third-order valence-corrected chi connectivity index (χ3v) is 9.27. The van der Waals surface area contributed by atoms with E-state index in [1.54, 1.807) is 12.1 Å². The lowest BCUT2D eigenvalue weighted by molar-refractivity contribution is -0.144.